The van der Waals surface area contributed by atoms with Gasteiger partial charge in [0.2, 0.25) is 0 Å². The number of benzene rings is 3. The zero-order chi connectivity index (χ0) is 21.9. The second-order valence-corrected chi connectivity index (χ2v) is 9.49. The van der Waals surface area contributed by atoms with E-state index in [-0.39, 0.29) is 10.8 Å². The standard InChI is InChI=1S/C26H30N2O2/c1-25(2,3)18-7-11-20(12-8-18)29-22-15-16-23(28-27)24(17-22)30-21-13-9-19(10-14-21)26(4,5)6/h7-17,27H,1-6H3. The molecule has 3 aromatic carbocycles. The Balaban J connectivity index is 1.81. The highest BCUT2D eigenvalue weighted by atomic mass is 16.5. The van der Waals surface area contributed by atoms with Crippen LogP contribution in [0.4, 0.5) is 5.69 Å². The molecule has 0 aromatic heterocycles. The highest BCUT2D eigenvalue weighted by molar-refractivity contribution is 5.56. The lowest BCUT2D eigenvalue weighted by atomic mass is 9.87. The van der Waals surface area contributed by atoms with E-state index in [2.05, 4.69) is 70.9 Å². The topological polar surface area (TPSA) is 54.7 Å². The normalized spacial score (nSPS) is 11.8. The Labute approximate surface area is 179 Å². The number of rotatable bonds is 5. The first-order chi connectivity index (χ1) is 14.1. The van der Waals surface area contributed by atoms with Gasteiger partial charge in [-0.1, -0.05) is 65.8 Å². The first-order valence-corrected chi connectivity index (χ1v) is 10.1. The first kappa shape index (κ1) is 21.6. The first-order valence-electron chi connectivity index (χ1n) is 10.1. The maximum absolute atomic E-state index is 7.44. The Morgan fingerprint density at radius 2 is 1.03 bits per heavy atom. The van der Waals surface area contributed by atoms with E-state index in [0.29, 0.717) is 22.9 Å². The van der Waals surface area contributed by atoms with Gasteiger partial charge < -0.3 is 9.47 Å². The van der Waals surface area contributed by atoms with Gasteiger partial charge in [-0.25, -0.2) is 5.53 Å². The summed E-state index contributed by atoms with van der Waals surface area (Å²) >= 11 is 0. The van der Waals surface area contributed by atoms with E-state index >= 15 is 0 Å². The molecule has 0 saturated heterocycles. The quantitative estimate of drug-likeness (QED) is 0.435. The lowest BCUT2D eigenvalue weighted by Gasteiger charge is -2.19. The van der Waals surface area contributed by atoms with Crippen molar-refractivity contribution in [3.05, 3.63) is 77.9 Å². The number of hydrogen-bond donors (Lipinski definition) is 1. The lowest BCUT2D eigenvalue weighted by Crippen LogP contribution is -2.10. The minimum absolute atomic E-state index is 0.0799. The van der Waals surface area contributed by atoms with Crippen molar-refractivity contribution >= 4 is 5.69 Å². The molecule has 3 aromatic rings. The van der Waals surface area contributed by atoms with Crippen LogP contribution in [0.5, 0.6) is 23.0 Å². The van der Waals surface area contributed by atoms with Crippen LogP contribution >= 0.6 is 0 Å². The summed E-state index contributed by atoms with van der Waals surface area (Å²) < 4.78 is 12.0. The number of hydrogen-bond acceptors (Lipinski definition) is 4. The lowest BCUT2D eigenvalue weighted by molar-refractivity contribution is 0.460. The summed E-state index contributed by atoms with van der Waals surface area (Å²) in [4.78, 5) is 0. The molecule has 0 aliphatic heterocycles. The molecule has 0 fully saturated rings. The van der Waals surface area contributed by atoms with Gasteiger partial charge in [-0.3, -0.25) is 0 Å². The van der Waals surface area contributed by atoms with Gasteiger partial charge in [-0.05, 0) is 58.4 Å². The smallest absolute Gasteiger partial charge is 0.158 e. The van der Waals surface area contributed by atoms with Crippen molar-refractivity contribution in [1.29, 1.82) is 5.53 Å². The van der Waals surface area contributed by atoms with Crippen LogP contribution in [0.3, 0.4) is 0 Å². The van der Waals surface area contributed by atoms with E-state index in [4.69, 9.17) is 15.0 Å². The largest absolute Gasteiger partial charge is 0.457 e. The highest BCUT2D eigenvalue weighted by Gasteiger charge is 2.15. The van der Waals surface area contributed by atoms with E-state index in [9.17, 15) is 0 Å². The third-order valence-electron chi connectivity index (χ3n) is 4.96. The summed E-state index contributed by atoms with van der Waals surface area (Å²) in [5.41, 5.74) is 10.6. The SMILES string of the molecule is CC(C)(C)c1ccc(Oc2ccc(N=N)c(Oc3ccc(C(C)(C)C)cc3)c2)cc1. The molecule has 0 aliphatic rings. The fourth-order valence-corrected chi connectivity index (χ4v) is 3.04. The second-order valence-electron chi connectivity index (χ2n) is 9.49. The molecule has 0 saturated carbocycles. The van der Waals surface area contributed by atoms with Crippen molar-refractivity contribution in [2.75, 3.05) is 0 Å². The van der Waals surface area contributed by atoms with E-state index in [1.165, 1.54) is 11.1 Å². The Hall–Kier alpha value is -3.14. The molecule has 1 N–H and O–H groups in total. The molecule has 0 aliphatic carbocycles. The van der Waals surface area contributed by atoms with Gasteiger partial charge in [0, 0.05) is 6.07 Å². The molecular formula is C26H30N2O2. The maximum atomic E-state index is 7.44. The third-order valence-corrected chi connectivity index (χ3v) is 4.96. The number of nitrogens with one attached hydrogen (secondary N) is 1. The van der Waals surface area contributed by atoms with E-state index in [0.717, 1.165) is 5.75 Å². The molecule has 0 unspecified atom stereocenters. The average Bonchev–Trinajstić information content (AvgIpc) is 2.68. The van der Waals surface area contributed by atoms with Gasteiger partial charge >= 0.3 is 0 Å². The molecule has 30 heavy (non-hydrogen) atoms. The van der Waals surface area contributed by atoms with Gasteiger partial charge in [0.05, 0.1) is 0 Å². The van der Waals surface area contributed by atoms with Crippen LogP contribution in [-0.2, 0) is 10.8 Å². The second kappa shape index (κ2) is 8.31. The molecule has 0 atom stereocenters. The molecule has 3 rings (SSSR count). The van der Waals surface area contributed by atoms with Crippen LogP contribution in [0.25, 0.3) is 0 Å². The van der Waals surface area contributed by atoms with Crippen molar-refractivity contribution in [3.63, 3.8) is 0 Å². The summed E-state index contributed by atoms with van der Waals surface area (Å²) in [6, 6.07) is 21.4. The summed E-state index contributed by atoms with van der Waals surface area (Å²) in [6.45, 7) is 13.1. The number of ether oxygens (including phenoxy) is 2. The van der Waals surface area contributed by atoms with Crippen LogP contribution < -0.4 is 9.47 Å². The van der Waals surface area contributed by atoms with E-state index in [1.54, 1.807) is 18.2 Å². The Morgan fingerprint density at radius 1 is 0.600 bits per heavy atom. The zero-order valence-corrected chi connectivity index (χ0v) is 18.6. The Kier molecular flexibility index (Phi) is 5.97. The molecule has 0 radical (unpaired) electrons. The molecule has 0 amide bonds. The minimum atomic E-state index is 0.0799. The predicted molar refractivity (Wildman–Crippen MR) is 122 cm³/mol. The van der Waals surface area contributed by atoms with Crippen LogP contribution in [0.2, 0.25) is 0 Å². The molecule has 4 nitrogen and oxygen atoms in total. The van der Waals surface area contributed by atoms with Gasteiger partial charge in [0.25, 0.3) is 0 Å². The zero-order valence-electron chi connectivity index (χ0n) is 18.6. The monoisotopic (exact) mass is 402 g/mol. The van der Waals surface area contributed by atoms with Crippen LogP contribution in [-0.4, -0.2) is 0 Å². The molecule has 0 bridgehead atoms. The van der Waals surface area contributed by atoms with Gasteiger partial charge in [0.1, 0.15) is 22.9 Å². The summed E-state index contributed by atoms with van der Waals surface area (Å²) in [5.74, 6) is 2.56. The van der Waals surface area contributed by atoms with Crippen molar-refractivity contribution in [2.24, 2.45) is 5.11 Å². The maximum Gasteiger partial charge on any atom is 0.158 e. The molecule has 4 heteroatoms. The Morgan fingerprint density at radius 3 is 1.47 bits per heavy atom. The summed E-state index contributed by atoms with van der Waals surface area (Å²) in [5, 5.41) is 3.58. The van der Waals surface area contributed by atoms with Gasteiger partial charge in [-0.2, -0.15) is 5.11 Å². The summed E-state index contributed by atoms with van der Waals surface area (Å²) in [6.07, 6.45) is 0. The molecule has 156 valence electrons. The average molecular weight is 403 g/mol. The third kappa shape index (κ3) is 5.26. The fraction of sp³-hybridized carbons (Fsp3) is 0.308. The molecule has 0 spiro atoms. The van der Waals surface area contributed by atoms with Crippen molar-refractivity contribution in [1.82, 2.24) is 0 Å². The highest BCUT2D eigenvalue weighted by Crippen LogP contribution is 2.37. The van der Waals surface area contributed by atoms with Crippen LogP contribution in [0.1, 0.15) is 52.7 Å². The Bertz CT molecular complexity index is 1010. The summed E-state index contributed by atoms with van der Waals surface area (Å²) in [7, 11) is 0. The van der Waals surface area contributed by atoms with E-state index < -0.39 is 0 Å². The van der Waals surface area contributed by atoms with Gasteiger partial charge in [-0.15, -0.1) is 0 Å². The molecule has 0 heterocycles. The fourth-order valence-electron chi connectivity index (χ4n) is 3.04. The molecular weight excluding hydrogens is 372 g/mol. The van der Waals surface area contributed by atoms with Crippen LogP contribution in [0.15, 0.2) is 71.8 Å². The van der Waals surface area contributed by atoms with Crippen molar-refractivity contribution in [3.8, 4) is 23.0 Å². The predicted octanol–water partition coefficient (Wildman–Crippen LogP) is 8.53. The van der Waals surface area contributed by atoms with Gasteiger partial charge in [0.15, 0.2) is 5.75 Å². The van der Waals surface area contributed by atoms with E-state index in [1.807, 2.05) is 24.3 Å². The van der Waals surface area contributed by atoms with Crippen molar-refractivity contribution in [2.45, 2.75) is 52.4 Å². The number of nitrogens with zero attached hydrogens (tertiary/aromatic N) is 1. The minimum Gasteiger partial charge on any atom is -0.457 e. The van der Waals surface area contributed by atoms with Crippen molar-refractivity contribution < 1.29 is 9.47 Å². The van der Waals surface area contributed by atoms with Crippen LogP contribution in [0, 0.1) is 5.53 Å².